The van der Waals surface area contributed by atoms with Crippen molar-refractivity contribution in [2.45, 2.75) is 39.0 Å². The first kappa shape index (κ1) is 19.9. The first-order valence-electron chi connectivity index (χ1n) is 7.97. The molecule has 2 amide bonds. The molecule has 1 aromatic carbocycles. The minimum atomic E-state index is -2.72. The van der Waals surface area contributed by atoms with Crippen LogP contribution in [-0.4, -0.2) is 28.6 Å². The van der Waals surface area contributed by atoms with E-state index in [1.807, 2.05) is 12.1 Å². The van der Waals surface area contributed by atoms with Crippen molar-refractivity contribution < 1.29 is 18.4 Å². The van der Waals surface area contributed by atoms with E-state index in [9.17, 15) is 18.4 Å². The SMILES string of the molecule is CC(C)(C)c1ccc(C(=O)NCCC(=O)Nc2nnc(C(F)F)s2)cc1. The van der Waals surface area contributed by atoms with Crippen molar-refractivity contribution in [1.82, 2.24) is 15.5 Å². The van der Waals surface area contributed by atoms with Gasteiger partial charge in [-0.15, -0.1) is 10.2 Å². The molecule has 6 nitrogen and oxygen atoms in total. The van der Waals surface area contributed by atoms with E-state index in [1.54, 1.807) is 12.1 Å². The molecule has 0 bridgehead atoms. The molecule has 2 aromatic rings. The van der Waals surface area contributed by atoms with E-state index >= 15 is 0 Å². The summed E-state index contributed by atoms with van der Waals surface area (Å²) in [6, 6.07) is 7.28. The molecule has 0 atom stereocenters. The van der Waals surface area contributed by atoms with Crippen molar-refractivity contribution in [3.63, 3.8) is 0 Å². The molecule has 1 aromatic heterocycles. The Balaban J connectivity index is 1.79. The Bertz CT molecular complexity index is 770. The fraction of sp³-hybridized carbons (Fsp3) is 0.412. The monoisotopic (exact) mass is 382 g/mol. The third-order valence-electron chi connectivity index (χ3n) is 3.52. The Labute approximate surface area is 154 Å². The maximum atomic E-state index is 12.4. The molecule has 0 radical (unpaired) electrons. The summed E-state index contributed by atoms with van der Waals surface area (Å²) in [7, 11) is 0. The lowest BCUT2D eigenvalue weighted by molar-refractivity contribution is -0.116. The van der Waals surface area contributed by atoms with Gasteiger partial charge in [0.1, 0.15) is 0 Å². The Hall–Kier alpha value is -2.42. The second-order valence-corrected chi connectivity index (χ2v) is 7.64. The number of nitrogens with zero attached hydrogens (tertiary/aromatic N) is 2. The lowest BCUT2D eigenvalue weighted by atomic mass is 9.87. The van der Waals surface area contributed by atoms with Crippen LogP contribution in [0.5, 0.6) is 0 Å². The van der Waals surface area contributed by atoms with Crippen LogP contribution in [-0.2, 0) is 10.2 Å². The smallest absolute Gasteiger partial charge is 0.291 e. The van der Waals surface area contributed by atoms with Crippen molar-refractivity contribution in [2.75, 3.05) is 11.9 Å². The van der Waals surface area contributed by atoms with Gasteiger partial charge in [0, 0.05) is 18.5 Å². The van der Waals surface area contributed by atoms with E-state index < -0.39 is 17.3 Å². The molecule has 0 unspecified atom stereocenters. The predicted octanol–water partition coefficient (Wildman–Crippen LogP) is 3.53. The number of amides is 2. The number of alkyl halides is 2. The van der Waals surface area contributed by atoms with Crippen LogP contribution in [0.2, 0.25) is 0 Å². The number of hydrogen-bond acceptors (Lipinski definition) is 5. The summed E-state index contributed by atoms with van der Waals surface area (Å²) in [5.74, 6) is -0.723. The minimum Gasteiger partial charge on any atom is -0.352 e. The summed E-state index contributed by atoms with van der Waals surface area (Å²) in [5.41, 5.74) is 1.62. The first-order chi connectivity index (χ1) is 12.2. The number of rotatable bonds is 6. The molecular weight excluding hydrogens is 362 g/mol. The van der Waals surface area contributed by atoms with Crippen LogP contribution in [0.15, 0.2) is 24.3 Å². The maximum absolute atomic E-state index is 12.4. The maximum Gasteiger partial charge on any atom is 0.291 e. The normalized spacial score (nSPS) is 11.5. The van der Waals surface area contributed by atoms with Gasteiger partial charge in [0.2, 0.25) is 11.0 Å². The molecule has 2 rings (SSSR count). The molecule has 0 saturated heterocycles. The average molecular weight is 382 g/mol. The topological polar surface area (TPSA) is 84.0 Å². The van der Waals surface area contributed by atoms with Crippen molar-refractivity contribution in [1.29, 1.82) is 0 Å². The lowest BCUT2D eigenvalue weighted by Gasteiger charge is -2.19. The standard InChI is InChI=1S/C17H20F2N4O2S/c1-17(2,3)11-6-4-10(5-7-11)14(25)20-9-8-12(24)21-16-23-22-15(26-16)13(18)19/h4-7,13H,8-9H2,1-3H3,(H,20,25)(H,21,23,24). The summed E-state index contributed by atoms with van der Waals surface area (Å²) in [5, 5.41) is 11.3. The van der Waals surface area contributed by atoms with Gasteiger partial charge in [-0.3, -0.25) is 9.59 Å². The van der Waals surface area contributed by atoms with Crippen LogP contribution in [0, 0.1) is 0 Å². The first-order valence-corrected chi connectivity index (χ1v) is 8.78. The van der Waals surface area contributed by atoms with E-state index in [4.69, 9.17) is 0 Å². The number of aromatic nitrogens is 2. The number of carbonyl (C=O) groups is 2. The second-order valence-electron chi connectivity index (χ2n) is 6.63. The van der Waals surface area contributed by atoms with Crippen LogP contribution in [0.25, 0.3) is 0 Å². The minimum absolute atomic E-state index is 0.00195. The summed E-state index contributed by atoms with van der Waals surface area (Å²) < 4.78 is 24.8. The van der Waals surface area contributed by atoms with Gasteiger partial charge in [-0.25, -0.2) is 8.78 Å². The average Bonchev–Trinajstić information content (AvgIpc) is 3.02. The Kier molecular flexibility index (Phi) is 6.36. The van der Waals surface area contributed by atoms with Gasteiger partial charge in [0.15, 0.2) is 5.01 Å². The van der Waals surface area contributed by atoms with Gasteiger partial charge in [-0.1, -0.05) is 44.2 Å². The number of benzene rings is 1. The number of halogens is 2. The van der Waals surface area contributed by atoms with Crippen LogP contribution in [0.1, 0.15) is 54.5 Å². The van der Waals surface area contributed by atoms with Gasteiger partial charge in [0.25, 0.3) is 12.3 Å². The molecule has 26 heavy (non-hydrogen) atoms. The van der Waals surface area contributed by atoms with Crippen molar-refractivity contribution in [3.05, 3.63) is 40.4 Å². The Morgan fingerprint density at radius 2 is 1.81 bits per heavy atom. The van der Waals surface area contributed by atoms with Crippen LogP contribution in [0.4, 0.5) is 13.9 Å². The molecule has 0 saturated carbocycles. The zero-order valence-corrected chi connectivity index (χ0v) is 15.5. The van der Waals surface area contributed by atoms with E-state index in [-0.39, 0.29) is 29.4 Å². The zero-order chi connectivity index (χ0) is 19.3. The van der Waals surface area contributed by atoms with Gasteiger partial charge in [-0.05, 0) is 23.1 Å². The molecule has 9 heteroatoms. The molecule has 140 valence electrons. The van der Waals surface area contributed by atoms with E-state index in [1.165, 1.54) is 0 Å². The highest BCUT2D eigenvalue weighted by atomic mass is 32.1. The van der Waals surface area contributed by atoms with Crippen molar-refractivity contribution in [2.24, 2.45) is 0 Å². The molecule has 0 spiro atoms. The van der Waals surface area contributed by atoms with Gasteiger partial charge in [-0.2, -0.15) is 0 Å². The van der Waals surface area contributed by atoms with Gasteiger partial charge in [0.05, 0.1) is 0 Å². The summed E-state index contributed by atoms with van der Waals surface area (Å²) >= 11 is 0.618. The predicted molar refractivity (Wildman–Crippen MR) is 95.6 cm³/mol. The second kappa shape index (κ2) is 8.31. The highest BCUT2D eigenvalue weighted by molar-refractivity contribution is 7.15. The van der Waals surface area contributed by atoms with Crippen LogP contribution in [0.3, 0.4) is 0 Å². The third kappa shape index (κ3) is 5.55. The summed E-state index contributed by atoms with van der Waals surface area (Å²) in [6.45, 7) is 6.38. The molecular formula is C17H20F2N4O2S. The number of hydrogen-bond donors (Lipinski definition) is 2. The molecule has 1 heterocycles. The van der Waals surface area contributed by atoms with Gasteiger partial charge < -0.3 is 10.6 Å². The highest BCUT2D eigenvalue weighted by Crippen LogP contribution is 2.25. The quantitative estimate of drug-likeness (QED) is 0.800. The molecule has 0 aliphatic carbocycles. The third-order valence-corrected chi connectivity index (χ3v) is 4.37. The van der Waals surface area contributed by atoms with Crippen molar-refractivity contribution in [3.8, 4) is 0 Å². The number of carbonyl (C=O) groups excluding carboxylic acids is 2. The van der Waals surface area contributed by atoms with Crippen LogP contribution < -0.4 is 10.6 Å². The Morgan fingerprint density at radius 3 is 2.35 bits per heavy atom. The molecule has 0 aliphatic heterocycles. The van der Waals surface area contributed by atoms with E-state index in [0.717, 1.165) is 5.56 Å². The zero-order valence-electron chi connectivity index (χ0n) is 14.7. The number of nitrogens with one attached hydrogen (secondary N) is 2. The fourth-order valence-corrected chi connectivity index (χ4v) is 2.68. The van der Waals surface area contributed by atoms with Gasteiger partial charge >= 0.3 is 0 Å². The van der Waals surface area contributed by atoms with E-state index in [2.05, 4.69) is 41.6 Å². The van der Waals surface area contributed by atoms with Crippen molar-refractivity contribution >= 4 is 28.3 Å². The van der Waals surface area contributed by atoms with Crippen LogP contribution >= 0.6 is 11.3 Å². The molecule has 0 aliphatic rings. The molecule has 0 fully saturated rings. The van der Waals surface area contributed by atoms with E-state index in [0.29, 0.717) is 16.9 Å². The highest BCUT2D eigenvalue weighted by Gasteiger charge is 2.16. The lowest BCUT2D eigenvalue weighted by Crippen LogP contribution is -2.27. The molecule has 2 N–H and O–H groups in total. The Morgan fingerprint density at radius 1 is 1.15 bits per heavy atom. The summed E-state index contributed by atoms with van der Waals surface area (Å²) in [6.07, 6.45) is -2.72. The fourth-order valence-electron chi connectivity index (χ4n) is 2.07. The number of anilines is 1. The largest absolute Gasteiger partial charge is 0.352 e. The summed E-state index contributed by atoms with van der Waals surface area (Å²) in [4.78, 5) is 23.8.